The molecule has 0 unspecified atom stereocenters. The van der Waals surface area contributed by atoms with Crippen LogP contribution in [0.25, 0.3) is 0 Å². The molecule has 1 aromatic carbocycles. The van der Waals surface area contributed by atoms with Crippen LogP contribution in [0.3, 0.4) is 0 Å². The van der Waals surface area contributed by atoms with Crippen molar-refractivity contribution in [2.75, 3.05) is 92.9 Å². The molecule has 0 aromatic heterocycles. The van der Waals surface area contributed by atoms with Gasteiger partial charge in [-0.2, -0.15) is 0 Å². The van der Waals surface area contributed by atoms with Crippen molar-refractivity contribution in [1.29, 1.82) is 0 Å². The van der Waals surface area contributed by atoms with E-state index in [0.717, 1.165) is 36.8 Å². The lowest BCUT2D eigenvalue weighted by molar-refractivity contribution is -0.142. The Morgan fingerprint density at radius 3 is 1.75 bits per heavy atom. The van der Waals surface area contributed by atoms with Gasteiger partial charge in [-0.05, 0) is 49.7 Å². The van der Waals surface area contributed by atoms with Crippen LogP contribution in [-0.4, -0.2) is 133 Å². The summed E-state index contributed by atoms with van der Waals surface area (Å²) in [7, 11) is 1.64. The number of Topliss-reactive ketones (excluding diaryl/α,β-unsaturated/α-hetero) is 2. The third-order valence-electron chi connectivity index (χ3n) is 8.87. The molecule has 0 aliphatic rings. The molecule has 56 heavy (non-hydrogen) atoms. The van der Waals surface area contributed by atoms with Crippen LogP contribution in [0, 0.1) is 11.8 Å². The number of methoxy groups -OCH3 is 1. The molecule has 1 rings (SSSR count). The number of ketones is 2. The second kappa shape index (κ2) is 32.8. The van der Waals surface area contributed by atoms with E-state index in [1.54, 1.807) is 43.2 Å². The maximum absolute atomic E-state index is 13.2. The molecular weight excluding hydrogens is 724 g/mol. The van der Waals surface area contributed by atoms with Gasteiger partial charge in [-0.25, -0.2) is 0 Å². The Bertz CT molecular complexity index is 1230. The lowest BCUT2D eigenvalue weighted by Gasteiger charge is -2.24. The number of nitrogens with one attached hydrogen (secondary N) is 1. The summed E-state index contributed by atoms with van der Waals surface area (Å²) >= 11 is 0. The average molecular weight is 795 g/mol. The third-order valence-corrected chi connectivity index (χ3v) is 8.87. The quantitative estimate of drug-likeness (QED) is 0.0748. The van der Waals surface area contributed by atoms with E-state index in [-0.39, 0.29) is 74.1 Å². The number of rotatable bonds is 36. The normalized spacial score (nSPS) is 12.3. The van der Waals surface area contributed by atoms with Crippen LogP contribution in [0.2, 0.25) is 0 Å². The van der Waals surface area contributed by atoms with Crippen molar-refractivity contribution < 1.29 is 57.1 Å². The van der Waals surface area contributed by atoms with E-state index in [0.29, 0.717) is 79.2 Å². The van der Waals surface area contributed by atoms with Crippen molar-refractivity contribution in [2.45, 2.75) is 98.6 Å². The minimum Gasteiger partial charge on any atom is -0.461 e. The maximum atomic E-state index is 13.2. The first kappa shape index (κ1) is 50.7. The third kappa shape index (κ3) is 25.8. The smallest absolute Gasteiger partial charge is 0.302 e. The van der Waals surface area contributed by atoms with E-state index >= 15 is 0 Å². The van der Waals surface area contributed by atoms with Crippen LogP contribution in [0.5, 0.6) is 0 Å². The maximum Gasteiger partial charge on any atom is 0.302 e. The van der Waals surface area contributed by atoms with Crippen LogP contribution >= 0.6 is 0 Å². The lowest BCUT2D eigenvalue weighted by Crippen LogP contribution is -2.44. The zero-order chi connectivity index (χ0) is 41.4. The molecule has 2 amide bonds. The van der Waals surface area contributed by atoms with Crippen molar-refractivity contribution in [2.24, 2.45) is 11.8 Å². The molecule has 0 bridgehead atoms. The van der Waals surface area contributed by atoms with Gasteiger partial charge in [0, 0.05) is 65.5 Å². The zero-order valence-electron chi connectivity index (χ0n) is 34.9. The van der Waals surface area contributed by atoms with Gasteiger partial charge in [0.05, 0.1) is 71.9 Å². The van der Waals surface area contributed by atoms with Gasteiger partial charge in [-0.15, -0.1) is 0 Å². The molecule has 14 heteroatoms. The second-order valence-electron chi connectivity index (χ2n) is 14.1. The molecule has 0 aliphatic heterocycles. The summed E-state index contributed by atoms with van der Waals surface area (Å²) in [6.45, 7) is 15.6. The van der Waals surface area contributed by atoms with Gasteiger partial charge >= 0.3 is 5.97 Å². The number of ether oxygens (including phenoxy) is 7. The molecule has 0 spiro atoms. The molecule has 0 heterocycles. The fourth-order valence-corrected chi connectivity index (χ4v) is 5.47. The number of benzene rings is 1. The molecule has 0 radical (unpaired) electrons. The van der Waals surface area contributed by atoms with Crippen molar-refractivity contribution in [3.63, 3.8) is 0 Å². The molecule has 320 valence electrons. The van der Waals surface area contributed by atoms with Crippen molar-refractivity contribution in [3.05, 3.63) is 35.4 Å². The average Bonchev–Trinajstić information content (AvgIpc) is 3.17. The highest BCUT2D eigenvalue weighted by molar-refractivity contribution is 5.92. The fourth-order valence-electron chi connectivity index (χ4n) is 5.47. The minimum absolute atomic E-state index is 0.0345. The number of esters is 1. The molecule has 0 fully saturated rings. The highest BCUT2D eigenvalue weighted by atomic mass is 16.6. The number of unbranched alkanes of at least 4 members (excludes halogenated alkanes) is 2. The lowest BCUT2D eigenvalue weighted by atomic mass is 9.88. The highest BCUT2D eigenvalue weighted by Crippen LogP contribution is 2.18. The highest BCUT2D eigenvalue weighted by Gasteiger charge is 2.28. The monoisotopic (exact) mass is 794 g/mol. The number of nitrogens with zero attached hydrogens (tertiary/aromatic N) is 1. The summed E-state index contributed by atoms with van der Waals surface area (Å²) in [6.07, 6.45) is 4.07. The van der Waals surface area contributed by atoms with Crippen LogP contribution in [0.15, 0.2) is 24.3 Å². The Kier molecular flexibility index (Phi) is 29.7. The van der Waals surface area contributed by atoms with Gasteiger partial charge < -0.3 is 43.4 Å². The summed E-state index contributed by atoms with van der Waals surface area (Å²) < 4.78 is 37.5. The first-order valence-electron chi connectivity index (χ1n) is 20.2. The predicted molar refractivity (Wildman–Crippen MR) is 212 cm³/mol. The number of hydrogen-bond donors (Lipinski definition) is 1. The van der Waals surface area contributed by atoms with E-state index in [9.17, 15) is 24.0 Å². The van der Waals surface area contributed by atoms with Gasteiger partial charge in [0.15, 0.2) is 5.78 Å². The van der Waals surface area contributed by atoms with E-state index in [4.69, 9.17) is 33.2 Å². The molecule has 0 saturated carbocycles. The van der Waals surface area contributed by atoms with E-state index < -0.39 is 12.0 Å². The van der Waals surface area contributed by atoms with Crippen LogP contribution in [0.1, 0.15) is 90.7 Å². The molecule has 0 saturated heterocycles. The summed E-state index contributed by atoms with van der Waals surface area (Å²) in [5.74, 6) is -1.74. The van der Waals surface area contributed by atoms with Gasteiger partial charge in [0.1, 0.15) is 12.4 Å². The molecule has 1 aromatic rings. The molecule has 0 aliphatic carbocycles. The van der Waals surface area contributed by atoms with E-state index in [2.05, 4.69) is 5.32 Å². The number of carbonyl (C=O) groups is 5. The summed E-state index contributed by atoms with van der Waals surface area (Å²) in [4.78, 5) is 64.8. The van der Waals surface area contributed by atoms with E-state index in [1.807, 2.05) is 20.8 Å². The van der Waals surface area contributed by atoms with Crippen molar-refractivity contribution in [1.82, 2.24) is 10.2 Å². The first-order valence-corrected chi connectivity index (χ1v) is 20.2. The van der Waals surface area contributed by atoms with Crippen molar-refractivity contribution in [3.8, 4) is 0 Å². The minimum atomic E-state index is -0.732. The largest absolute Gasteiger partial charge is 0.461 e. The summed E-state index contributed by atoms with van der Waals surface area (Å²) in [6, 6.07) is 6.45. The number of amides is 2. The Balaban J connectivity index is 2.25. The second-order valence-corrected chi connectivity index (χ2v) is 14.1. The Morgan fingerprint density at radius 2 is 1.21 bits per heavy atom. The van der Waals surface area contributed by atoms with Crippen molar-refractivity contribution >= 4 is 29.4 Å². The SMILES string of the molecule is CCCN(CCC(=O)C[C@H](C(=O)N[C@@H](C)C(=O)Cc1ccc(COC(C)=O)cc1)C(C)C)C(=O)CCOCCCCCOCCOCCOCCOCCOC. The summed E-state index contributed by atoms with van der Waals surface area (Å²) in [5, 5.41) is 2.81. The molecule has 14 nitrogen and oxygen atoms in total. The topological polar surface area (TPSA) is 165 Å². The van der Waals surface area contributed by atoms with Gasteiger partial charge in [-0.1, -0.05) is 45.0 Å². The predicted octanol–water partition coefficient (Wildman–Crippen LogP) is 4.52. The number of hydrogen-bond acceptors (Lipinski definition) is 12. The van der Waals surface area contributed by atoms with Gasteiger partial charge in [-0.3, -0.25) is 24.0 Å². The van der Waals surface area contributed by atoms with Gasteiger partial charge in [0.2, 0.25) is 11.8 Å². The zero-order valence-corrected chi connectivity index (χ0v) is 34.9. The van der Waals surface area contributed by atoms with Crippen LogP contribution in [-0.2, 0) is 70.2 Å². The number of carbonyl (C=O) groups excluding carboxylic acids is 5. The fraction of sp³-hybridized carbons (Fsp3) is 0.738. The molecular formula is C42H70N2O12. The Labute approximate surface area is 334 Å². The standard InChI is InChI=1S/C42H70N2O12/c1-7-17-44(41(48)16-21-51-19-9-8-10-20-52-24-25-54-28-29-55-27-26-53-23-22-50-6)18-15-38(46)31-39(33(2)3)42(49)43-34(4)40(47)30-36-11-13-37(14-12-36)32-56-35(5)45/h11-14,33-34,39H,7-10,15-32H2,1-6H3,(H,43,49)/t34-,39-/m0/s1. The van der Waals surface area contributed by atoms with E-state index in [1.165, 1.54) is 6.92 Å². The van der Waals surface area contributed by atoms with Crippen LogP contribution < -0.4 is 5.32 Å². The Hall–Kier alpha value is -3.27. The first-order chi connectivity index (χ1) is 27.0. The Morgan fingerprint density at radius 1 is 0.679 bits per heavy atom. The summed E-state index contributed by atoms with van der Waals surface area (Å²) in [5.41, 5.74) is 1.59. The molecule has 2 atom stereocenters. The van der Waals surface area contributed by atoms with Crippen LogP contribution in [0.4, 0.5) is 0 Å². The molecule has 1 N–H and O–H groups in total. The van der Waals surface area contributed by atoms with Gasteiger partial charge in [0.25, 0.3) is 0 Å².